The van der Waals surface area contributed by atoms with Crippen molar-refractivity contribution >= 4 is 29.0 Å². The fourth-order valence-electron chi connectivity index (χ4n) is 2.79. The smallest absolute Gasteiger partial charge is 0.231 e. The molecule has 2 aromatic rings. The number of carbonyl (C=O) groups is 1. The maximum atomic E-state index is 12.6. The molecule has 0 aromatic heterocycles. The van der Waals surface area contributed by atoms with E-state index in [2.05, 4.69) is 4.99 Å². The van der Waals surface area contributed by atoms with E-state index in [9.17, 15) is 4.79 Å². The molecule has 0 N–H and O–H groups in total. The van der Waals surface area contributed by atoms with Gasteiger partial charge in [0, 0.05) is 30.4 Å². The van der Waals surface area contributed by atoms with E-state index < -0.39 is 5.72 Å². The van der Waals surface area contributed by atoms with E-state index in [-0.39, 0.29) is 12.3 Å². The predicted octanol–water partition coefficient (Wildman–Crippen LogP) is 3.73. The third-order valence-electron chi connectivity index (χ3n) is 4.05. The lowest BCUT2D eigenvalue weighted by molar-refractivity contribution is -0.165. The second kappa shape index (κ2) is 6.86. The molecule has 0 bridgehead atoms. The van der Waals surface area contributed by atoms with Crippen LogP contribution < -0.4 is 4.90 Å². The first-order chi connectivity index (χ1) is 11.9. The quantitative estimate of drug-likeness (QED) is 0.837. The Morgan fingerprint density at radius 3 is 2.64 bits per heavy atom. The molecule has 0 spiro atoms. The van der Waals surface area contributed by atoms with Crippen LogP contribution in [-0.4, -0.2) is 36.6 Å². The largest absolute Gasteiger partial charge is 0.315 e. The van der Waals surface area contributed by atoms with Gasteiger partial charge >= 0.3 is 0 Å². The molecule has 0 aliphatic carbocycles. The Kier molecular flexibility index (Phi) is 4.79. The van der Waals surface area contributed by atoms with Gasteiger partial charge in [-0.3, -0.25) is 4.79 Å². The first-order valence-corrected chi connectivity index (χ1v) is 8.36. The second-order valence-corrected chi connectivity index (χ2v) is 6.61. The minimum atomic E-state index is -0.952. The maximum absolute atomic E-state index is 12.6. The van der Waals surface area contributed by atoms with Crippen LogP contribution in [0.4, 0.5) is 5.69 Å². The summed E-state index contributed by atoms with van der Waals surface area (Å²) in [6, 6.07) is 16.9. The summed E-state index contributed by atoms with van der Waals surface area (Å²) in [4.78, 5) is 24.8. The van der Waals surface area contributed by atoms with Crippen molar-refractivity contribution in [2.45, 2.75) is 19.1 Å². The summed E-state index contributed by atoms with van der Waals surface area (Å²) in [5.41, 5.74) is 0.732. The molecule has 3 rings (SSSR count). The highest BCUT2D eigenvalue weighted by molar-refractivity contribution is 6.31. The van der Waals surface area contributed by atoms with Gasteiger partial charge in [-0.15, -0.1) is 0 Å². The highest BCUT2D eigenvalue weighted by Crippen LogP contribution is 2.29. The van der Waals surface area contributed by atoms with E-state index in [1.165, 1.54) is 0 Å². The summed E-state index contributed by atoms with van der Waals surface area (Å²) in [5.74, 6) is 0.582. The third kappa shape index (κ3) is 3.83. The predicted molar refractivity (Wildman–Crippen MR) is 99.7 cm³/mol. The van der Waals surface area contributed by atoms with E-state index in [0.717, 1.165) is 11.3 Å². The highest BCUT2D eigenvalue weighted by atomic mass is 35.5. The SMILES string of the molecule is CN1OC(C)(CC(=O)N(C)c2ccccc2)N=C1c1cccc(Cl)c1. The van der Waals surface area contributed by atoms with Crippen molar-refractivity contribution in [2.24, 2.45) is 4.99 Å². The van der Waals surface area contributed by atoms with Crippen LogP contribution in [0.15, 0.2) is 59.6 Å². The minimum Gasteiger partial charge on any atom is -0.315 e. The van der Waals surface area contributed by atoms with Crippen LogP contribution in [0.25, 0.3) is 0 Å². The van der Waals surface area contributed by atoms with Gasteiger partial charge in [0.1, 0.15) is 0 Å². The van der Waals surface area contributed by atoms with Crippen molar-refractivity contribution in [1.82, 2.24) is 5.06 Å². The Bertz CT molecular complexity index is 809. The molecular weight excluding hydrogens is 338 g/mol. The second-order valence-electron chi connectivity index (χ2n) is 6.17. The number of para-hydroxylation sites is 1. The number of benzene rings is 2. The number of halogens is 1. The van der Waals surface area contributed by atoms with Crippen molar-refractivity contribution < 1.29 is 9.63 Å². The Morgan fingerprint density at radius 2 is 1.96 bits per heavy atom. The molecule has 1 aliphatic rings. The van der Waals surface area contributed by atoms with Crippen molar-refractivity contribution in [3.63, 3.8) is 0 Å². The molecule has 0 saturated heterocycles. The zero-order chi connectivity index (χ0) is 18.0. The standard InChI is InChI=1S/C19H20ClN3O2/c1-19(13-17(24)22(2)16-10-5-4-6-11-16)21-18(23(3)25-19)14-8-7-9-15(20)12-14/h4-12H,13H2,1-3H3. The van der Waals surface area contributed by atoms with E-state index in [1.807, 2.05) is 48.5 Å². The van der Waals surface area contributed by atoms with Crippen LogP contribution in [0.3, 0.4) is 0 Å². The van der Waals surface area contributed by atoms with E-state index in [4.69, 9.17) is 16.4 Å². The zero-order valence-corrected chi connectivity index (χ0v) is 15.2. The van der Waals surface area contributed by atoms with Crippen LogP contribution in [0.1, 0.15) is 18.9 Å². The lowest BCUT2D eigenvalue weighted by Gasteiger charge is -2.24. The van der Waals surface area contributed by atoms with Crippen LogP contribution in [-0.2, 0) is 9.63 Å². The molecule has 130 valence electrons. The fourth-order valence-corrected chi connectivity index (χ4v) is 2.98. The summed E-state index contributed by atoms with van der Waals surface area (Å²) in [5, 5.41) is 2.21. The summed E-state index contributed by atoms with van der Waals surface area (Å²) in [6.45, 7) is 1.80. The van der Waals surface area contributed by atoms with E-state index in [0.29, 0.717) is 10.9 Å². The first-order valence-electron chi connectivity index (χ1n) is 7.98. The minimum absolute atomic E-state index is 0.0711. The molecule has 0 saturated carbocycles. The summed E-state index contributed by atoms with van der Waals surface area (Å²) < 4.78 is 0. The third-order valence-corrected chi connectivity index (χ3v) is 4.29. The molecule has 6 heteroatoms. The van der Waals surface area contributed by atoms with Gasteiger partial charge in [-0.25, -0.2) is 14.9 Å². The number of hydrogen-bond donors (Lipinski definition) is 0. The van der Waals surface area contributed by atoms with Gasteiger partial charge in [0.25, 0.3) is 0 Å². The summed E-state index contributed by atoms with van der Waals surface area (Å²) >= 11 is 6.06. The number of rotatable bonds is 4. The molecule has 1 heterocycles. The van der Waals surface area contributed by atoms with Crippen molar-refractivity contribution in [1.29, 1.82) is 0 Å². The molecule has 0 fully saturated rings. The molecule has 1 aliphatic heterocycles. The van der Waals surface area contributed by atoms with Gasteiger partial charge in [-0.2, -0.15) is 0 Å². The van der Waals surface area contributed by atoms with Crippen LogP contribution in [0.2, 0.25) is 5.02 Å². The lowest BCUT2D eigenvalue weighted by atomic mass is 10.1. The van der Waals surface area contributed by atoms with Gasteiger partial charge in [-0.1, -0.05) is 41.9 Å². The molecule has 1 unspecified atom stereocenters. The lowest BCUT2D eigenvalue weighted by Crippen LogP contribution is -2.36. The number of amides is 1. The normalized spacial score (nSPS) is 19.7. The maximum Gasteiger partial charge on any atom is 0.231 e. The van der Waals surface area contributed by atoms with Gasteiger partial charge in [-0.05, 0) is 31.2 Å². The number of nitrogens with zero attached hydrogens (tertiary/aromatic N) is 3. The highest BCUT2D eigenvalue weighted by Gasteiger charge is 2.38. The average Bonchev–Trinajstić information content (AvgIpc) is 2.89. The summed E-state index contributed by atoms with van der Waals surface area (Å²) in [6.07, 6.45) is 0.132. The van der Waals surface area contributed by atoms with E-state index in [1.54, 1.807) is 37.0 Å². The number of hydrogen-bond acceptors (Lipinski definition) is 4. The number of anilines is 1. The van der Waals surface area contributed by atoms with E-state index >= 15 is 0 Å². The molecule has 1 atom stereocenters. The van der Waals surface area contributed by atoms with Gasteiger partial charge in [0.2, 0.25) is 5.91 Å². The van der Waals surface area contributed by atoms with Crippen LogP contribution >= 0.6 is 11.6 Å². The molecule has 2 aromatic carbocycles. The topological polar surface area (TPSA) is 45.1 Å². The zero-order valence-electron chi connectivity index (χ0n) is 14.4. The number of aliphatic imine (C=N–C) groups is 1. The Hall–Kier alpha value is -2.37. The Labute approximate surface area is 152 Å². The molecule has 1 amide bonds. The molecular formula is C19H20ClN3O2. The van der Waals surface area contributed by atoms with Gasteiger partial charge in [0.05, 0.1) is 6.42 Å². The number of carbonyl (C=O) groups excluding carboxylic acids is 1. The molecule has 5 nitrogen and oxygen atoms in total. The van der Waals surface area contributed by atoms with Crippen molar-refractivity contribution in [3.8, 4) is 0 Å². The van der Waals surface area contributed by atoms with Crippen LogP contribution in [0, 0.1) is 0 Å². The number of hydroxylamine groups is 2. The Balaban J connectivity index is 1.79. The average molecular weight is 358 g/mol. The Morgan fingerprint density at radius 1 is 1.24 bits per heavy atom. The fraction of sp³-hybridized carbons (Fsp3) is 0.263. The molecule has 25 heavy (non-hydrogen) atoms. The van der Waals surface area contributed by atoms with Crippen LogP contribution in [0.5, 0.6) is 0 Å². The monoisotopic (exact) mass is 357 g/mol. The number of amidine groups is 1. The summed E-state index contributed by atoms with van der Waals surface area (Å²) in [7, 11) is 3.53. The van der Waals surface area contributed by atoms with Gasteiger partial charge in [0.15, 0.2) is 11.6 Å². The van der Waals surface area contributed by atoms with Crippen molar-refractivity contribution in [3.05, 3.63) is 65.2 Å². The first kappa shape index (κ1) is 17.5. The molecule has 0 radical (unpaired) electrons. The van der Waals surface area contributed by atoms with Crippen molar-refractivity contribution in [2.75, 3.05) is 19.0 Å². The van der Waals surface area contributed by atoms with Gasteiger partial charge < -0.3 is 4.90 Å².